The average Bonchev–Trinajstić information content (AvgIpc) is 2.81. The number of amides is 2. The van der Waals surface area contributed by atoms with Crippen molar-refractivity contribution in [1.29, 1.82) is 0 Å². The standard InChI is InChI=1S/C24H20N4O4/c1-2-31-23(29)21-27-20-11-7-6-10-19(20)22(28-21)32-18-14-12-17(13-15-18)26-24(30)25-16-8-4-3-5-9-16/h3-15H,2H2,1H3,(H2,25,26,30). The number of carbonyl (C=O) groups is 2. The molecule has 1 aromatic heterocycles. The van der Waals surface area contributed by atoms with Crippen LogP contribution < -0.4 is 15.4 Å². The molecule has 0 saturated heterocycles. The van der Waals surface area contributed by atoms with E-state index >= 15 is 0 Å². The number of nitrogens with zero attached hydrogens (tertiary/aromatic N) is 2. The third-order valence-electron chi connectivity index (χ3n) is 4.38. The first-order valence-electron chi connectivity index (χ1n) is 9.97. The predicted molar refractivity (Wildman–Crippen MR) is 121 cm³/mol. The van der Waals surface area contributed by atoms with Crippen molar-refractivity contribution in [2.45, 2.75) is 6.92 Å². The second-order valence-electron chi connectivity index (χ2n) is 6.66. The molecule has 0 aliphatic carbocycles. The summed E-state index contributed by atoms with van der Waals surface area (Å²) in [6.07, 6.45) is 0. The van der Waals surface area contributed by atoms with Gasteiger partial charge >= 0.3 is 12.0 Å². The molecule has 0 radical (unpaired) electrons. The van der Waals surface area contributed by atoms with Crippen LogP contribution >= 0.6 is 0 Å². The van der Waals surface area contributed by atoms with E-state index in [1.807, 2.05) is 36.4 Å². The fourth-order valence-electron chi connectivity index (χ4n) is 2.95. The number of ether oxygens (including phenoxy) is 2. The number of anilines is 2. The highest BCUT2D eigenvalue weighted by molar-refractivity contribution is 5.99. The minimum atomic E-state index is -0.618. The van der Waals surface area contributed by atoms with Gasteiger partial charge in [0.25, 0.3) is 0 Å². The van der Waals surface area contributed by atoms with Crippen LogP contribution in [0, 0.1) is 0 Å². The van der Waals surface area contributed by atoms with Gasteiger partial charge in [-0.25, -0.2) is 14.6 Å². The van der Waals surface area contributed by atoms with Crippen molar-refractivity contribution in [3.8, 4) is 11.6 Å². The van der Waals surface area contributed by atoms with Crippen LogP contribution in [-0.2, 0) is 4.74 Å². The number of rotatable bonds is 6. The zero-order valence-corrected chi connectivity index (χ0v) is 17.2. The average molecular weight is 428 g/mol. The largest absolute Gasteiger partial charge is 0.460 e. The van der Waals surface area contributed by atoms with Crippen LogP contribution in [0.1, 0.15) is 17.5 Å². The number of carbonyl (C=O) groups excluding carboxylic acids is 2. The molecule has 0 saturated carbocycles. The number of fused-ring (bicyclic) bond motifs is 1. The van der Waals surface area contributed by atoms with Crippen molar-refractivity contribution in [3.05, 3.63) is 84.7 Å². The Kier molecular flexibility index (Phi) is 6.22. The third kappa shape index (κ3) is 4.99. The molecule has 4 aromatic rings. The lowest BCUT2D eigenvalue weighted by atomic mass is 10.2. The lowest BCUT2D eigenvalue weighted by molar-refractivity contribution is 0.0511. The Morgan fingerprint density at radius 2 is 1.47 bits per heavy atom. The van der Waals surface area contributed by atoms with Gasteiger partial charge in [0.05, 0.1) is 17.5 Å². The van der Waals surface area contributed by atoms with E-state index in [2.05, 4.69) is 20.6 Å². The van der Waals surface area contributed by atoms with Gasteiger partial charge in [-0.1, -0.05) is 30.3 Å². The van der Waals surface area contributed by atoms with E-state index in [1.54, 1.807) is 49.4 Å². The fourth-order valence-corrected chi connectivity index (χ4v) is 2.95. The highest BCUT2D eigenvalue weighted by Crippen LogP contribution is 2.28. The smallest absolute Gasteiger partial charge is 0.376 e. The van der Waals surface area contributed by atoms with Gasteiger partial charge in [-0.2, -0.15) is 4.98 Å². The van der Waals surface area contributed by atoms with Crippen LogP contribution in [0.25, 0.3) is 10.9 Å². The van der Waals surface area contributed by atoms with Crippen molar-refractivity contribution in [2.24, 2.45) is 0 Å². The van der Waals surface area contributed by atoms with E-state index in [0.717, 1.165) is 0 Å². The molecule has 32 heavy (non-hydrogen) atoms. The van der Waals surface area contributed by atoms with E-state index in [4.69, 9.17) is 9.47 Å². The van der Waals surface area contributed by atoms with Crippen molar-refractivity contribution < 1.29 is 19.1 Å². The molecule has 2 amide bonds. The van der Waals surface area contributed by atoms with Crippen molar-refractivity contribution in [1.82, 2.24) is 9.97 Å². The molecule has 0 spiro atoms. The summed E-state index contributed by atoms with van der Waals surface area (Å²) in [4.78, 5) is 32.8. The van der Waals surface area contributed by atoms with Crippen LogP contribution in [0.4, 0.5) is 16.2 Å². The molecule has 1 heterocycles. The van der Waals surface area contributed by atoms with E-state index in [0.29, 0.717) is 28.0 Å². The summed E-state index contributed by atoms with van der Waals surface area (Å²) in [5.74, 6) is 0.0300. The van der Waals surface area contributed by atoms with Gasteiger partial charge in [0.1, 0.15) is 5.75 Å². The summed E-state index contributed by atoms with van der Waals surface area (Å²) in [7, 11) is 0. The molecular formula is C24H20N4O4. The van der Waals surface area contributed by atoms with Gasteiger partial charge in [-0.3, -0.25) is 0 Å². The predicted octanol–water partition coefficient (Wildman–Crippen LogP) is 5.24. The maximum atomic E-state index is 12.1. The first kappa shape index (κ1) is 20.8. The summed E-state index contributed by atoms with van der Waals surface area (Å²) in [6.45, 7) is 1.93. The number of aromatic nitrogens is 2. The second-order valence-corrected chi connectivity index (χ2v) is 6.66. The molecule has 0 fully saturated rings. The Labute approximate surface area is 184 Å². The summed E-state index contributed by atoms with van der Waals surface area (Å²) < 4.78 is 10.9. The molecule has 0 atom stereocenters. The van der Waals surface area contributed by atoms with Crippen LogP contribution in [0.2, 0.25) is 0 Å². The van der Waals surface area contributed by atoms with E-state index in [9.17, 15) is 9.59 Å². The Morgan fingerprint density at radius 1 is 0.812 bits per heavy atom. The SMILES string of the molecule is CCOC(=O)c1nc(Oc2ccc(NC(=O)Nc3ccccc3)cc2)c2ccccc2n1. The fraction of sp³-hybridized carbons (Fsp3) is 0.0833. The Balaban J connectivity index is 1.50. The maximum Gasteiger partial charge on any atom is 0.376 e. The molecule has 0 aliphatic rings. The van der Waals surface area contributed by atoms with E-state index in [1.165, 1.54) is 0 Å². The number of hydrogen-bond acceptors (Lipinski definition) is 6. The van der Waals surface area contributed by atoms with Gasteiger partial charge in [0.15, 0.2) is 0 Å². The molecule has 8 nitrogen and oxygen atoms in total. The lowest BCUT2D eigenvalue weighted by Crippen LogP contribution is -2.19. The highest BCUT2D eigenvalue weighted by atomic mass is 16.5. The first-order valence-corrected chi connectivity index (χ1v) is 9.97. The van der Waals surface area contributed by atoms with Gasteiger partial charge in [0.2, 0.25) is 11.7 Å². The van der Waals surface area contributed by atoms with E-state index < -0.39 is 5.97 Å². The van der Waals surface area contributed by atoms with Crippen molar-refractivity contribution in [2.75, 3.05) is 17.2 Å². The van der Waals surface area contributed by atoms with E-state index in [-0.39, 0.29) is 24.3 Å². The molecule has 0 bridgehead atoms. The maximum absolute atomic E-state index is 12.1. The summed E-state index contributed by atoms with van der Waals surface area (Å²) >= 11 is 0. The van der Waals surface area contributed by atoms with Crippen molar-refractivity contribution in [3.63, 3.8) is 0 Å². The molecule has 0 aliphatic heterocycles. The normalized spacial score (nSPS) is 10.4. The lowest BCUT2D eigenvalue weighted by Gasteiger charge is -2.11. The summed E-state index contributed by atoms with van der Waals surface area (Å²) in [6, 6.07) is 22.8. The molecule has 4 rings (SSSR count). The third-order valence-corrected chi connectivity index (χ3v) is 4.38. The van der Waals surface area contributed by atoms with Crippen LogP contribution in [0.5, 0.6) is 11.6 Å². The zero-order chi connectivity index (χ0) is 22.3. The number of urea groups is 1. The summed E-state index contributed by atoms with van der Waals surface area (Å²) in [5, 5.41) is 6.16. The number of hydrogen-bond donors (Lipinski definition) is 2. The van der Waals surface area contributed by atoms with Gasteiger partial charge in [0, 0.05) is 11.4 Å². The summed E-state index contributed by atoms with van der Waals surface area (Å²) in [5.41, 5.74) is 1.85. The second kappa shape index (κ2) is 9.57. The number of benzene rings is 3. The van der Waals surface area contributed by atoms with Crippen LogP contribution in [-0.4, -0.2) is 28.6 Å². The number of para-hydroxylation sites is 2. The number of esters is 1. The molecule has 3 aromatic carbocycles. The molecule has 160 valence electrons. The minimum absolute atomic E-state index is 0.0728. The molecular weight excluding hydrogens is 408 g/mol. The van der Waals surface area contributed by atoms with Crippen LogP contribution in [0.3, 0.4) is 0 Å². The molecule has 2 N–H and O–H groups in total. The Hall–Kier alpha value is -4.46. The zero-order valence-electron chi connectivity index (χ0n) is 17.2. The Morgan fingerprint density at radius 3 is 2.19 bits per heavy atom. The first-order chi connectivity index (χ1) is 15.6. The number of nitrogens with one attached hydrogen (secondary N) is 2. The molecule has 0 unspecified atom stereocenters. The minimum Gasteiger partial charge on any atom is -0.460 e. The molecule has 8 heteroatoms. The van der Waals surface area contributed by atoms with Gasteiger partial charge in [-0.05, 0) is 55.5 Å². The Bertz CT molecular complexity index is 1240. The van der Waals surface area contributed by atoms with Gasteiger partial charge in [-0.15, -0.1) is 0 Å². The van der Waals surface area contributed by atoms with Crippen molar-refractivity contribution >= 4 is 34.3 Å². The quantitative estimate of drug-likeness (QED) is 0.407. The monoisotopic (exact) mass is 428 g/mol. The van der Waals surface area contributed by atoms with Crippen LogP contribution in [0.15, 0.2) is 78.9 Å². The highest BCUT2D eigenvalue weighted by Gasteiger charge is 2.16. The van der Waals surface area contributed by atoms with Gasteiger partial charge < -0.3 is 20.1 Å². The topological polar surface area (TPSA) is 102 Å².